The number of thiazole rings is 1. The molecule has 3 rings (SSSR count). The molecule has 0 aliphatic rings. The number of anilines is 1. The predicted octanol–water partition coefficient (Wildman–Crippen LogP) is 3.69. The lowest BCUT2D eigenvalue weighted by atomic mass is 10.4. The molecule has 10 heteroatoms. The highest BCUT2D eigenvalue weighted by Crippen LogP contribution is 2.33. The Bertz CT molecular complexity index is 753. The van der Waals surface area contributed by atoms with Crippen molar-refractivity contribution >= 4 is 27.8 Å². The SMILES string of the molecule is FC(F)(F)c1nnc(NCc2cnc(-c3ccccn3)s2)s1. The van der Waals surface area contributed by atoms with Gasteiger partial charge in [-0.2, -0.15) is 13.2 Å². The van der Waals surface area contributed by atoms with E-state index in [0.29, 0.717) is 17.9 Å². The van der Waals surface area contributed by atoms with E-state index >= 15 is 0 Å². The molecular formula is C12H8F3N5S2. The van der Waals surface area contributed by atoms with Gasteiger partial charge in [-0.15, -0.1) is 21.5 Å². The molecule has 0 atom stereocenters. The first-order valence-corrected chi connectivity index (χ1v) is 7.66. The van der Waals surface area contributed by atoms with Crippen LogP contribution in [0.4, 0.5) is 18.3 Å². The van der Waals surface area contributed by atoms with Crippen LogP contribution in [0.25, 0.3) is 10.7 Å². The summed E-state index contributed by atoms with van der Waals surface area (Å²) < 4.78 is 37.3. The highest BCUT2D eigenvalue weighted by molar-refractivity contribution is 7.15. The predicted molar refractivity (Wildman–Crippen MR) is 77.6 cm³/mol. The van der Waals surface area contributed by atoms with Crippen molar-refractivity contribution in [2.24, 2.45) is 0 Å². The lowest BCUT2D eigenvalue weighted by Crippen LogP contribution is -2.03. The molecule has 0 aliphatic carbocycles. The van der Waals surface area contributed by atoms with Crippen molar-refractivity contribution in [2.45, 2.75) is 12.7 Å². The molecule has 5 nitrogen and oxygen atoms in total. The van der Waals surface area contributed by atoms with Crippen molar-refractivity contribution in [2.75, 3.05) is 5.32 Å². The zero-order valence-corrected chi connectivity index (χ0v) is 12.5. The maximum atomic E-state index is 12.4. The van der Waals surface area contributed by atoms with E-state index in [2.05, 4.69) is 25.5 Å². The molecule has 0 amide bonds. The molecule has 3 aromatic heterocycles. The second-order valence-corrected chi connectivity index (χ2v) is 6.20. The van der Waals surface area contributed by atoms with Crippen molar-refractivity contribution in [3.05, 3.63) is 40.5 Å². The van der Waals surface area contributed by atoms with Gasteiger partial charge in [0.05, 0.1) is 12.2 Å². The molecule has 0 aromatic carbocycles. The van der Waals surface area contributed by atoms with Gasteiger partial charge in [0, 0.05) is 17.3 Å². The van der Waals surface area contributed by atoms with Crippen LogP contribution >= 0.6 is 22.7 Å². The fourth-order valence-electron chi connectivity index (χ4n) is 1.57. The number of hydrogen-bond acceptors (Lipinski definition) is 7. The first-order chi connectivity index (χ1) is 10.5. The summed E-state index contributed by atoms with van der Waals surface area (Å²) in [6, 6.07) is 5.52. The molecule has 3 aromatic rings. The van der Waals surface area contributed by atoms with Crippen molar-refractivity contribution < 1.29 is 13.2 Å². The van der Waals surface area contributed by atoms with E-state index in [1.165, 1.54) is 11.3 Å². The van der Waals surface area contributed by atoms with Gasteiger partial charge in [-0.05, 0) is 12.1 Å². The number of rotatable bonds is 4. The third-order valence-electron chi connectivity index (χ3n) is 2.52. The standard InChI is InChI=1S/C12H8F3N5S2/c13-12(14,15)10-19-20-11(22-10)18-6-7-5-17-9(21-7)8-3-1-2-4-16-8/h1-5H,6H2,(H,18,20). The Morgan fingerprint density at radius 1 is 1.09 bits per heavy atom. The van der Waals surface area contributed by atoms with Crippen molar-refractivity contribution in [1.82, 2.24) is 20.2 Å². The Hall–Kier alpha value is -2.07. The summed E-state index contributed by atoms with van der Waals surface area (Å²) in [5.74, 6) is 0. The Labute approximate surface area is 130 Å². The average molecular weight is 343 g/mol. The smallest absolute Gasteiger partial charge is 0.355 e. The lowest BCUT2D eigenvalue weighted by molar-refractivity contribution is -0.138. The number of nitrogens with one attached hydrogen (secondary N) is 1. The van der Waals surface area contributed by atoms with Crippen LogP contribution in [0.5, 0.6) is 0 Å². The minimum absolute atomic E-state index is 0.125. The molecule has 0 unspecified atom stereocenters. The molecule has 0 fully saturated rings. The minimum Gasteiger partial charge on any atom is -0.355 e. The van der Waals surface area contributed by atoms with E-state index in [4.69, 9.17) is 0 Å². The highest BCUT2D eigenvalue weighted by atomic mass is 32.1. The molecule has 0 saturated carbocycles. The van der Waals surface area contributed by atoms with Crippen molar-refractivity contribution in [1.29, 1.82) is 0 Å². The van der Waals surface area contributed by atoms with E-state index in [1.54, 1.807) is 12.4 Å². The Morgan fingerprint density at radius 3 is 2.64 bits per heavy atom. The lowest BCUT2D eigenvalue weighted by Gasteiger charge is -1.99. The van der Waals surface area contributed by atoms with Gasteiger partial charge < -0.3 is 5.32 Å². The number of hydrogen-bond donors (Lipinski definition) is 1. The van der Waals surface area contributed by atoms with Crippen molar-refractivity contribution in [3.63, 3.8) is 0 Å². The van der Waals surface area contributed by atoms with Gasteiger partial charge >= 0.3 is 6.18 Å². The molecular weight excluding hydrogens is 335 g/mol. The maximum Gasteiger partial charge on any atom is 0.445 e. The van der Waals surface area contributed by atoms with Crippen LogP contribution in [0.3, 0.4) is 0 Å². The quantitative estimate of drug-likeness (QED) is 0.783. The van der Waals surface area contributed by atoms with E-state index < -0.39 is 11.2 Å². The highest BCUT2D eigenvalue weighted by Gasteiger charge is 2.35. The first-order valence-electron chi connectivity index (χ1n) is 6.03. The zero-order valence-electron chi connectivity index (χ0n) is 10.8. The summed E-state index contributed by atoms with van der Waals surface area (Å²) in [5, 5.41) is 9.31. The van der Waals surface area contributed by atoms with Crippen LogP contribution in [0.2, 0.25) is 0 Å². The van der Waals surface area contributed by atoms with Crippen LogP contribution in [0.1, 0.15) is 9.88 Å². The van der Waals surface area contributed by atoms with Gasteiger partial charge in [-0.25, -0.2) is 4.98 Å². The second-order valence-electron chi connectivity index (χ2n) is 4.11. The van der Waals surface area contributed by atoms with Gasteiger partial charge in [-0.3, -0.25) is 4.98 Å². The number of aromatic nitrogens is 4. The zero-order chi connectivity index (χ0) is 15.6. The summed E-state index contributed by atoms with van der Waals surface area (Å²) in [6.45, 7) is 0.330. The number of nitrogens with zero attached hydrogens (tertiary/aromatic N) is 4. The van der Waals surface area contributed by atoms with Crippen LogP contribution < -0.4 is 5.32 Å². The van der Waals surface area contributed by atoms with Crippen LogP contribution in [-0.4, -0.2) is 20.2 Å². The maximum absolute atomic E-state index is 12.4. The summed E-state index contributed by atoms with van der Waals surface area (Å²) in [7, 11) is 0. The number of pyridine rings is 1. The minimum atomic E-state index is -4.46. The summed E-state index contributed by atoms with van der Waals surface area (Å²) in [4.78, 5) is 9.30. The molecule has 0 bridgehead atoms. The molecule has 22 heavy (non-hydrogen) atoms. The molecule has 0 saturated heterocycles. The normalized spacial score (nSPS) is 11.6. The Kier molecular flexibility index (Phi) is 4.03. The van der Waals surface area contributed by atoms with Crippen LogP contribution in [-0.2, 0) is 12.7 Å². The first kappa shape index (κ1) is 14.9. The molecule has 1 N–H and O–H groups in total. The van der Waals surface area contributed by atoms with Crippen LogP contribution in [0.15, 0.2) is 30.6 Å². The van der Waals surface area contributed by atoms with Gasteiger partial charge in [0.2, 0.25) is 10.1 Å². The summed E-state index contributed by atoms with van der Waals surface area (Å²) >= 11 is 1.89. The topological polar surface area (TPSA) is 63.6 Å². The van der Waals surface area contributed by atoms with E-state index in [9.17, 15) is 13.2 Å². The largest absolute Gasteiger partial charge is 0.445 e. The number of halogens is 3. The van der Waals surface area contributed by atoms with Crippen molar-refractivity contribution in [3.8, 4) is 10.7 Å². The summed E-state index contributed by atoms with van der Waals surface area (Å²) in [5.41, 5.74) is 0.758. The monoisotopic (exact) mass is 343 g/mol. The van der Waals surface area contributed by atoms with E-state index in [0.717, 1.165) is 15.6 Å². The third kappa shape index (κ3) is 3.39. The fourth-order valence-corrected chi connectivity index (χ4v) is 3.00. The average Bonchev–Trinajstić information content (AvgIpc) is 3.15. The van der Waals surface area contributed by atoms with Gasteiger partial charge in [0.1, 0.15) is 5.01 Å². The Morgan fingerprint density at radius 2 is 1.95 bits per heavy atom. The van der Waals surface area contributed by atoms with Gasteiger partial charge in [0.15, 0.2) is 0 Å². The summed E-state index contributed by atoms with van der Waals surface area (Å²) in [6.07, 6.45) is -1.13. The molecule has 0 aliphatic heterocycles. The molecule has 3 heterocycles. The molecule has 0 radical (unpaired) electrons. The molecule has 114 valence electrons. The van der Waals surface area contributed by atoms with Gasteiger partial charge in [-0.1, -0.05) is 17.4 Å². The number of alkyl halides is 3. The second kappa shape index (κ2) is 5.97. The molecule has 0 spiro atoms. The van der Waals surface area contributed by atoms with Gasteiger partial charge in [0.25, 0.3) is 0 Å². The third-order valence-corrected chi connectivity index (χ3v) is 4.46. The van der Waals surface area contributed by atoms with E-state index in [-0.39, 0.29) is 5.13 Å². The van der Waals surface area contributed by atoms with E-state index in [1.807, 2.05) is 18.2 Å². The van der Waals surface area contributed by atoms with Crippen LogP contribution in [0, 0.1) is 0 Å². The Balaban J connectivity index is 1.65. The fraction of sp³-hybridized carbons (Fsp3) is 0.167.